The van der Waals surface area contributed by atoms with E-state index in [2.05, 4.69) is 9.26 Å². The lowest BCUT2D eigenvalue weighted by molar-refractivity contribution is -0.280. The molecule has 0 amide bonds. The molecule has 1 heterocycles. The summed E-state index contributed by atoms with van der Waals surface area (Å²) in [7, 11) is -4.91. The third-order valence-electron chi connectivity index (χ3n) is 2.09. The van der Waals surface area contributed by atoms with Crippen LogP contribution in [0, 0.1) is 0 Å². The maximum absolute atomic E-state index is 10.5. The maximum atomic E-state index is 10.5. The molecule has 9 nitrogen and oxygen atoms in total. The first kappa shape index (κ1) is 14.0. The average Bonchev–Trinajstić information content (AvgIpc) is 2.17. The van der Waals surface area contributed by atoms with Gasteiger partial charge in [-0.3, -0.25) is 4.52 Å². The van der Waals surface area contributed by atoms with Gasteiger partial charge in [0.25, 0.3) is 0 Å². The molecule has 16 heavy (non-hydrogen) atoms. The van der Waals surface area contributed by atoms with Crippen molar-refractivity contribution in [1.82, 2.24) is 0 Å². The Morgan fingerprint density at radius 3 is 2.12 bits per heavy atom. The summed E-state index contributed by atoms with van der Waals surface area (Å²) in [4.78, 5) is 17.0. The highest BCUT2D eigenvalue weighted by atomic mass is 33.2. The number of aliphatic hydroxyl groups excluding tert-OH is 4. The van der Waals surface area contributed by atoms with E-state index in [0.29, 0.717) is 0 Å². The molecule has 5 atom stereocenters. The van der Waals surface area contributed by atoms with Crippen molar-refractivity contribution in [1.29, 1.82) is 0 Å². The van der Waals surface area contributed by atoms with Crippen molar-refractivity contribution in [2.24, 2.45) is 0 Å². The molecule has 0 aliphatic carbocycles. The van der Waals surface area contributed by atoms with Gasteiger partial charge in [-0.05, 0) is 0 Å². The monoisotopic (exact) mass is 262 g/mol. The van der Waals surface area contributed by atoms with Crippen LogP contribution in [-0.2, 0) is 13.8 Å². The van der Waals surface area contributed by atoms with Gasteiger partial charge in [-0.2, -0.15) is 0 Å². The van der Waals surface area contributed by atoms with Crippen molar-refractivity contribution in [2.75, 3.05) is 6.61 Å². The average molecular weight is 262 g/mol. The molecular weight excluding hydrogens is 249 g/mol. The molecule has 0 aromatic heterocycles. The molecule has 1 aliphatic heterocycles. The van der Waals surface area contributed by atoms with Crippen LogP contribution in [0.4, 0.5) is 0 Å². The Kier molecular flexibility index (Phi) is 4.41. The Morgan fingerprint density at radius 1 is 1.12 bits per heavy atom. The number of aliphatic hydroxyl groups is 4. The highest BCUT2D eigenvalue weighted by Crippen LogP contribution is 2.40. The van der Waals surface area contributed by atoms with Crippen molar-refractivity contribution < 1.29 is 44.0 Å². The van der Waals surface area contributed by atoms with Gasteiger partial charge in [0.1, 0.15) is 24.4 Å². The van der Waals surface area contributed by atoms with E-state index in [1.54, 1.807) is 0 Å². The number of phosphoric acid groups is 1. The highest BCUT2D eigenvalue weighted by molar-refractivity contribution is 7.46. The van der Waals surface area contributed by atoms with E-state index < -0.39 is 45.1 Å². The van der Waals surface area contributed by atoms with Crippen LogP contribution in [0.2, 0.25) is 0 Å². The molecule has 10 heteroatoms. The van der Waals surface area contributed by atoms with E-state index in [1.807, 2.05) is 0 Å². The first-order valence-corrected chi connectivity index (χ1v) is 5.83. The van der Waals surface area contributed by atoms with E-state index >= 15 is 0 Å². The van der Waals surface area contributed by atoms with E-state index in [4.69, 9.17) is 14.9 Å². The molecule has 0 radical (unpaired) electrons. The molecule has 0 bridgehead atoms. The third kappa shape index (κ3) is 3.20. The summed E-state index contributed by atoms with van der Waals surface area (Å²) in [5.74, 6) is 0. The maximum Gasteiger partial charge on any atom is 0.472 e. The van der Waals surface area contributed by atoms with Gasteiger partial charge in [0.05, 0.1) is 6.61 Å². The second-order valence-electron chi connectivity index (χ2n) is 3.29. The molecule has 0 aromatic rings. The number of hydrogen-bond donors (Lipinski definition) is 6. The van der Waals surface area contributed by atoms with E-state index in [-0.39, 0.29) is 0 Å². The fourth-order valence-electron chi connectivity index (χ4n) is 1.29. The van der Waals surface area contributed by atoms with Gasteiger partial charge >= 0.3 is 7.82 Å². The first-order chi connectivity index (χ1) is 7.26. The Morgan fingerprint density at radius 2 is 1.69 bits per heavy atom. The molecule has 6 N–H and O–H groups in total. The van der Waals surface area contributed by atoms with Crippen molar-refractivity contribution in [2.45, 2.75) is 30.7 Å². The van der Waals surface area contributed by atoms with Gasteiger partial charge in [-0.25, -0.2) is 4.57 Å². The summed E-state index contributed by atoms with van der Waals surface area (Å²) in [5.41, 5.74) is 0. The highest BCUT2D eigenvalue weighted by Gasteiger charge is 2.46. The minimum Gasteiger partial charge on any atom is -0.394 e. The molecule has 0 aromatic carbocycles. The van der Waals surface area contributed by atoms with Crippen LogP contribution in [-0.4, -0.2) is 67.5 Å². The number of hydrogen-bond acceptors (Lipinski definition) is 7. The molecule has 96 valence electrons. The van der Waals surface area contributed by atoms with E-state index in [1.165, 1.54) is 0 Å². The Balaban J connectivity index is 2.75. The fourth-order valence-corrected chi connectivity index (χ4v) is 1.73. The molecule has 0 unspecified atom stereocenters. The fraction of sp³-hybridized carbons (Fsp3) is 1.00. The summed E-state index contributed by atoms with van der Waals surface area (Å²) in [5, 5.41) is 36.6. The zero-order valence-corrected chi connectivity index (χ0v) is 8.84. The van der Waals surface area contributed by atoms with E-state index in [9.17, 15) is 19.9 Å². The van der Waals surface area contributed by atoms with Gasteiger partial charge in [0.2, 0.25) is 0 Å². The lowest BCUT2D eigenvalue weighted by Gasteiger charge is -2.39. The second kappa shape index (κ2) is 5.05. The van der Waals surface area contributed by atoms with Crippen LogP contribution in [0.1, 0.15) is 0 Å². The van der Waals surface area contributed by atoms with Crippen molar-refractivity contribution in [3.8, 4) is 0 Å². The first-order valence-electron chi connectivity index (χ1n) is 4.30. The molecule has 1 fully saturated rings. The molecule has 1 saturated heterocycles. The quantitative estimate of drug-likeness (QED) is 0.290. The van der Waals surface area contributed by atoms with Crippen LogP contribution in [0.25, 0.3) is 0 Å². The topological polar surface area (TPSA) is 157 Å². The summed E-state index contributed by atoms with van der Waals surface area (Å²) < 4.78 is 19.2. The summed E-state index contributed by atoms with van der Waals surface area (Å²) >= 11 is 0. The predicted molar refractivity (Wildman–Crippen MR) is 46.9 cm³/mol. The summed E-state index contributed by atoms with van der Waals surface area (Å²) in [6.45, 7) is -0.702. The zero-order valence-electron chi connectivity index (χ0n) is 7.95. The van der Waals surface area contributed by atoms with Crippen LogP contribution in [0.5, 0.6) is 0 Å². The van der Waals surface area contributed by atoms with Gasteiger partial charge in [0.15, 0.2) is 6.29 Å². The molecule has 0 spiro atoms. The van der Waals surface area contributed by atoms with Gasteiger partial charge in [0, 0.05) is 0 Å². The minimum absolute atomic E-state index is 0.702. The van der Waals surface area contributed by atoms with E-state index in [0.717, 1.165) is 0 Å². The second-order valence-corrected chi connectivity index (χ2v) is 4.49. The predicted octanol–water partition coefficient (Wildman–Crippen LogP) is -3.10. The number of phosphoric ester groups is 1. The minimum atomic E-state index is -4.91. The Hall–Kier alpha value is -0.0900. The van der Waals surface area contributed by atoms with Crippen LogP contribution >= 0.6 is 7.82 Å². The standard InChI is InChI=1S/C6H13O9P/c7-1-2-3(8)4(9)5(10)6(14-2)15-16(11,12)13/h2-10H,1H2,(H2,11,12,13)/t2-,3-,4+,5-,6-/m1/s1/i16+2. The Labute approximate surface area is 90.1 Å². The largest absolute Gasteiger partial charge is 0.472 e. The van der Waals surface area contributed by atoms with Gasteiger partial charge in [-0.1, -0.05) is 0 Å². The molecule has 1 rings (SSSR count). The lowest BCUT2D eigenvalue weighted by Crippen LogP contribution is -2.58. The zero-order chi connectivity index (χ0) is 12.5. The number of rotatable bonds is 3. The van der Waals surface area contributed by atoms with Crippen LogP contribution < -0.4 is 0 Å². The normalized spacial score (nSPS) is 41.0. The summed E-state index contributed by atoms with van der Waals surface area (Å²) in [6, 6.07) is 0. The molecule has 1 aliphatic rings. The Bertz CT molecular complexity index is 275. The third-order valence-corrected chi connectivity index (χ3v) is 2.57. The van der Waals surface area contributed by atoms with Gasteiger partial charge < -0.3 is 34.9 Å². The summed E-state index contributed by atoms with van der Waals surface area (Å²) in [6.07, 6.45) is -8.25. The smallest absolute Gasteiger partial charge is 0.394 e. The molecular formula is C6H13O9P. The van der Waals surface area contributed by atoms with Gasteiger partial charge in [-0.15, -0.1) is 0 Å². The lowest BCUT2D eigenvalue weighted by atomic mass is 10.00. The van der Waals surface area contributed by atoms with Crippen LogP contribution in [0.15, 0.2) is 0 Å². The van der Waals surface area contributed by atoms with Crippen molar-refractivity contribution in [3.05, 3.63) is 0 Å². The number of ether oxygens (including phenoxy) is 1. The van der Waals surface area contributed by atoms with Crippen molar-refractivity contribution in [3.63, 3.8) is 0 Å². The van der Waals surface area contributed by atoms with Crippen molar-refractivity contribution >= 4 is 7.82 Å². The molecule has 0 saturated carbocycles. The van der Waals surface area contributed by atoms with Crippen LogP contribution in [0.3, 0.4) is 0 Å². The SMILES string of the molecule is O=[33P](O)(O)O[C@H]1O[C@H](CO)[C@@H](O)[C@H](O)[C@H]1O.